The maximum Gasteiger partial charge on any atom is 0.416 e. The van der Waals surface area contributed by atoms with Crippen LogP contribution in [0.2, 0.25) is 0 Å². The van der Waals surface area contributed by atoms with Gasteiger partial charge in [0.25, 0.3) is 5.69 Å². The molecule has 1 saturated heterocycles. The van der Waals surface area contributed by atoms with E-state index in [2.05, 4.69) is 20.8 Å². The summed E-state index contributed by atoms with van der Waals surface area (Å²) in [5.74, 6) is 0. The van der Waals surface area contributed by atoms with Crippen molar-refractivity contribution in [2.24, 2.45) is 0 Å². The van der Waals surface area contributed by atoms with Gasteiger partial charge in [-0.05, 0) is 24.3 Å². The molecule has 1 aliphatic rings. The summed E-state index contributed by atoms with van der Waals surface area (Å²) in [6.07, 6.45) is -4.63. The third-order valence-corrected chi connectivity index (χ3v) is 6.45. The van der Waals surface area contributed by atoms with Crippen LogP contribution in [0.1, 0.15) is 5.56 Å². The topological polar surface area (TPSA) is 62.5 Å². The summed E-state index contributed by atoms with van der Waals surface area (Å²) in [7, 11) is 0. The summed E-state index contributed by atoms with van der Waals surface area (Å²) >= 11 is 4.93. The van der Waals surface area contributed by atoms with E-state index in [9.17, 15) is 23.3 Å². The third-order valence-electron chi connectivity index (χ3n) is 5.02. The highest BCUT2D eigenvalue weighted by Crippen LogP contribution is 2.37. The van der Waals surface area contributed by atoms with Gasteiger partial charge in [0, 0.05) is 47.7 Å². The van der Waals surface area contributed by atoms with E-state index in [-0.39, 0.29) is 5.69 Å². The number of hydrogen-bond donors (Lipinski definition) is 0. The normalized spacial score (nSPS) is 14.7. The van der Waals surface area contributed by atoms with Crippen LogP contribution in [-0.2, 0) is 6.18 Å². The van der Waals surface area contributed by atoms with E-state index < -0.39 is 22.4 Å². The number of alkyl halides is 3. The molecule has 0 saturated carbocycles. The van der Waals surface area contributed by atoms with Gasteiger partial charge in [-0.1, -0.05) is 28.1 Å². The van der Waals surface area contributed by atoms with Crippen LogP contribution in [0.25, 0.3) is 11.3 Å². The van der Waals surface area contributed by atoms with Gasteiger partial charge >= 0.3 is 6.18 Å². The summed E-state index contributed by atoms with van der Waals surface area (Å²) < 4.78 is 39.8. The first-order valence-corrected chi connectivity index (χ1v) is 11.0. The summed E-state index contributed by atoms with van der Waals surface area (Å²) in [5.41, 5.74) is 0.519. The molecule has 3 aromatic rings. The van der Waals surface area contributed by atoms with Gasteiger partial charge in [-0.25, -0.2) is 4.98 Å². The number of anilines is 2. The van der Waals surface area contributed by atoms with Gasteiger partial charge < -0.3 is 9.80 Å². The van der Waals surface area contributed by atoms with Crippen LogP contribution in [0.4, 0.5) is 29.7 Å². The van der Waals surface area contributed by atoms with Crippen LogP contribution in [0.15, 0.2) is 52.3 Å². The average molecular weight is 513 g/mol. The first-order chi connectivity index (χ1) is 14.7. The number of benzene rings is 2. The van der Waals surface area contributed by atoms with Crippen molar-refractivity contribution in [1.29, 1.82) is 0 Å². The maximum atomic E-state index is 12.9. The molecule has 31 heavy (non-hydrogen) atoms. The maximum absolute atomic E-state index is 12.9. The van der Waals surface area contributed by atoms with Crippen LogP contribution < -0.4 is 9.80 Å². The molecule has 11 heteroatoms. The zero-order valence-corrected chi connectivity index (χ0v) is 18.4. The first-order valence-electron chi connectivity index (χ1n) is 9.29. The number of thiazole rings is 1. The minimum atomic E-state index is -4.63. The minimum absolute atomic E-state index is 0.201. The number of piperazine rings is 1. The molecule has 2 aromatic carbocycles. The lowest BCUT2D eigenvalue weighted by molar-refractivity contribution is -0.384. The Kier molecular flexibility index (Phi) is 5.89. The molecule has 1 fully saturated rings. The first kappa shape index (κ1) is 21.6. The van der Waals surface area contributed by atoms with Gasteiger partial charge in [-0.2, -0.15) is 13.2 Å². The summed E-state index contributed by atoms with van der Waals surface area (Å²) in [6.45, 7) is 2.01. The Hall–Kier alpha value is -2.66. The lowest BCUT2D eigenvalue weighted by atomic mass is 10.1. The van der Waals surface area contributed by atoms with Crippen LogP contribution >= 0.6 is 27.3 Å². The zero-order valence-electron chi connectivity index (χ0n) is 16.0. The molecule has 0 atom stereocenters. The van der Waals surface area contributed by atoms with Crippen LogP contribution in [0.3, 0.4) is 0 Å². The SMILES string of the molecule is O=[N+]([O-])c1cc(C(F)(F)F)ccc1N1CCN(c2nc(-c3ccc(Br)cc3)cs2)CC1. The Balaban J connectivity index is 1.48. The fraction of sp³-hybridized carbons (Fsp3) is 0.250. The number of halogens is 4. The molecule has 0 bridgehead atoms. The molecule has 162 valence electrons. The van der Waals surface area contributed by atoms with E-state index in [1.165, 1.54) is 17.4 Å². The predicted octanol–water partition coefficient (Wildman–Crippen LogP) is 5.83. The second kappa shape index (κ2) is 8.46. The highest BCUT2D eigenvalue weighted by molar-refractivity contribution is 9.10. The number of nitrogens with zero attached hydrogens (tertiary/aromatic N) is 4. The van der Waals surface area contributed by atoms with Crippen molar-refractivity contribution in [2.45, 2.75) is 6.18 Å². The molecule has 1 aromatic heterocycles. The van der Waals surface area contributed by atoms with Crippen molar-refractivity contribution in [2.75, 3.05) is 36.0 Å². The molecule has 6 nitrogen and oxygen atoms in total. The minimum Gasteiger partial charge on any atom is -0.362 e. The van der Waals surface area contributed by atoms with E-state index in [0.717, 1.165) is 26.9 Å². The Labute approximate surface area is 188 Å². The molecule has 2 heterocycles. The lowest BCUT2D eigenvalue weighted by Gasteiger charge is -2.35. The highest BCUT2D eigenvalue weighted by Gasteiger charge is 2.34. The Morgan fingerprint density at radius 1 is 1.03 bits per heavy atom. The molecule has 0 aliphatic carbocycles. The standard InChI is InChI=1S/C20H16BrF3N4O2S/c21-15-4-1-13(2-5-15)16-12-31-19(25-16)27-9-7-26(8-10-27)17-6-3-14(20(22,23)24)11-18(17)28(29)30/h1-6,11-12H,7-10H2. The quantitative estimate of drug-likeness (QED) is 0.325. The smallest absolute Gasteiger partial charge is 0.362 e. The number of nitro benzene ring substituents is 1. The Morgan fingerprint density at radius 2 is 1.68 bits per heavy atom. The molecule has 4 rings (SSSR count). The molecular formula is C20H16BrF3N4O2S. The van der Waals surface area contributed by atoms with E-state index in [1.807, 2.05) is 29.6 Å². The Bertz CT molecular complexity index is 1100. The zero-order chi connectivity index (χ0) is 22.2. The summed E-state index contributed by atoms with van der Waals surface area (Å²) in [6, 6.07) is 10.5. The van der Waals surface area contributed by atoms with E-state index in [0.29, 0.717) is 32.2 Å². The molecule has 0 spiro atoms. The van der Waals surface area contributed by atoms with Crippen molar-refractivity contribution < 1.29 is 18.1 Å². The largest absolute Gasteiger partial charge is 0.416 e. The molecule has 0 radical (unpaired) electrons. The fourth-order valence-corrected chi connectivity index (χ4v) is 4.57. The molecular weight excluding hydrogens is 497 g/mol. The van der Waals surface area contributed by atoms with Crippen molar-refractivity contribution in [1.82, 2.24) is 4.98 Å². The van der Waals surface area contributed by atoms with Crippen molar-refractivity contribution in [3.63, 3.8) is 0 Å². The highest BCUT2D eigenvalue weighted by atomic mass is 79.9. The molecule has 1 aliphatic heterocycles. The molecule has 0 unspecified atom stereocenters. The number of rotatable bonds is 4. The third kappa shape index (κ3) is 4.67. The van der Waals surface area contributed by atoms with Crippen LogP contribution in [0, 0.1) is 10.1 Å². The van der Waals surface area contributed by atoms with Gasteiger partial charge in [0.2, 0.25) is 0 Å². The average Bonchev–Trinajstić information content (AvgIpc) is 3.23. The lowest BCUT2D eigenvalue weighted by Crippen LogP contribution is -2.46. The summed E-state index contributed by atoms with van der Waals surface area (Å²) in [5, 5.41) is 14.2. The van der Waals surface area contributed by atoms with Crippen LogP contribution in [0.5, 0.6) is 0 Å². The van der Waals surface area contributed by atoms with Gasteiger partial charge in [0.1, 0.15) is 5.69 Å². The van der Waals surface area contributed by atoms with Crippen molar-refractivity contribution >= 4 is 43.8 Å². The van der Waals surface area contributed by atoms with Gasteiger partial charge in [-0.15, -0.1) is 11.3 Å². The summed E-state index contributed by atoms with van der Waals surface area (Å²) in [4.78, 5) is 19.1. The second-order valence-electron chi connectivity index (χ2n) is 6.95. The second-order valence-corrected chi connectivity index (χ2v) is 8.71. The van der Waals surface area contributed by atoms with Crippen molar-refractivity contribution in [3.8, 4) is 11.3 Å². The van der Waals surface area contributed by atoms with E-state index >= 15 is 0 Å². The predicted molar refractivity (Wildman–Crippen MR) is 118 cm³/mol. The number of aromatic nitrogens is 1. The van der Waals surface area contributed by atoms with Crippen molar-refractivity contribution in [3.05, 3.63) is 68.0 Å². The fourth-order valence-electron chi connectivity index (χ4n) is 3.41. The van der Waals surface area contributed by atoms with Gasteiger partial charge in [0.05, 0.1) is 16.2 Å². The number of hydrogen-bond acceptors (Lipinski definition) is 6. The van der Waals surface area contributed by atoms with Gasteiger partial charge in [-0.3, -0.25) is 10.1 Å². The van der Waals surface area contributed by atoms with Crippen LogP contribution in [-0.4, -0.2) is 36.1 Å². The monoisotopic (exact) mass is 512 g/mol. The van der Waals surface area contributed by atoms with E-state index in [4.69, 9.17) is 4.98 Å². The molecule has 0 N–H and O–H groups in total. The van der Waals surface area contributed by atoms with Gasteiger partial charge in [0.15, 0.2) is 5.13 Å². The Morgan fingerprint density at radius 3 is 2.29 bits per heavy atom. The van der Waals surface area contributed by atoms with E-state index in [1.54, 1.807) is 4.90 Å². The molecule has 0 amide bonds. The number of nitro groups is 1.